The molecule has 0 bridgehead atoms. The van der Waals surface area contributed by atoms with Crippen LogP contribution in [-0.2, 0) is 20.7 Å². The first-order valence-corrected chi connectivity index (χ1v) is 11.1. The Morgan fingerprint density at radius 1 is 1.10 bits per heavy atom. The normalized spacial score (nSPS) is 17.5. The van der Waals surface area contributed by atoms with Gasteiger partial charge in [-0.3, -0.25) is 0 Å². The number of aryl methyl sites for hydroxylation is 1. The van der Waals surface area contributed by atoms with Crippen LogP contribution >= 0.6 is 15.9 Å². The second-order valence-electron chi connectivity index (χ2n) is 8.73. The number of amides is 1. The fraction of sp³-hybridized carbons (Fsp3) is 0.375. The largest absolute Gasteiger partial charge is 0.492 e. The van der Waals surface area contributed by atoms with Crippen molar-refractivity contribution in [1.29, 1.82) is 0 Å². The average Bonchev–Trinajstić information content (AvgIpc) is 2.94. The summed E-state index contributed by atoms with van der Waals surface area (Å²) in [6.07, 6.45) is 1.51. The summed E-state index contributed by atoms with van der Waals surface area (Å²) in [4.78, 5) is 12.3. The van der Waals surface area contributed by atoms with Gasteiger partial charge in [0.2, 0.25) is 0 Å². The van der Waals surface area contributed by atoms with Crippen LogP contribution in [0.5, 0.6) is 0 Å². The number of carbonyl (C=O) groups is 1. The smallest absolute Gasteiger partial charge is 0.445 e. The molecule has 0 aromatic heterocycles. The van der Waals surface area contributed by atoms with Gasteiger partial charge < -0.3 is 19.4 Å². The fourth-order valence-electron chi connectivity index (χ4n) is 3.12. The molecule has 7 heteroatoms. The Bertz CT molecular complexity index is 943. The van der Waals surface area contributed by atoms with E-state index in [1.165, 1.54) is 0 Å². The Kier molecular flexibility index (Phi) is 7.29. The van der Waals surface area contributed by atoms with Crippen molar-refractivity contribution in [1.82, 2.24) is 5.32 Å². The van der Waals surface area contributed by atoms with Crippen LogP contribution in [0.1, 0.15) is 44.4 Å². The lowest BCUT2D eigenvalue weighted by atomic mass is 9.77. The van der Waals surface area contributed by atoms with Crippen molar-refractivity contribution in [3.8, 4) is 0 Å². The predicted molar refractivity (Wildman–Crippen MR) is 128 cm³/mol. The molecule has 1 saturated heterocycles. The monoisotopic (exact) mass is 485 g/mol. The van der Waals surface area contributed by atoms with E-state index in [-0.39, 0.29) is 13.2 Å². The van der Waals surface area contributed by atoms with Crippen LogP contribution in [0.3, 0.4) is 0 Å². The van der Waals surface area contributed by atoms with Gasteiger partial charge in [0.15, 0.2) is 0 Å². The van der Waals surface area contributed by atoms with E-state index < -0.39 is 24.4 Å². The number of hydrogen-bond acceptors (Lipinski definition) is 4. The van der Waals surface area contributed by atoms with E-state index in [0.29, 0.717) is 0 Å². The van der Waals surface area contributed by atoms with E-state index in [0.717, 1.165) is 26.6 Å². The molecule has 0 aliphatic carbocycles. The van der Waals surface area contributed by atoms with E-state index in [4.69, 9.17) is 14.0 Å². The number of hydrogen-bond donors (Lipinski definition) is 1. The summed E-state index contributed by atoms with van der Waals surface area (Å²) in [5, 5.41) is 2.83. The second kappa shape index (κ2) is 9.59. The SMILES string of the molecule is Cc1cc(C=C(CNC(=O)OCc2ccccc2)B2OC(C)(C)C(C)(C)O2)ccc1Br. The number of alkyl carbamates (subject to hydrolysis) is 1. The first kappa shape index (κ1) is 23.6. The highest BCUT2D eigenvalue weighted by atomic mass is 79.9. The van der Waals surface area contributed by atoms with Crippen LogP contribution in [0.15, 0.2) is 58.5 Å². The van der Waals surface area contributed by atoms with Gasteiger partial charge in [-0.2, -0.15) is 0 Å². The van der Waals surface area contributed by atoms with Gasteiger partial charge in [-0.25, -0.2) is 4.79 Å². The van der Waals surface area contributed by atoms with Crippen molar-refractivity contribution in [3.63, 3.8) is 0 Å². The highest BCUT2D eigenvalue weighted by Crippen LogP contribution is 2.38. The lowest BCUT2D eigenvalue weighted by Crippen LogP contribution is -2.41. The zero-order valence-corrected chi connectivity index (χ0v) is 20.3. The molecule has 3 rings (SSSR count). The van der Waals surface area contributed by atoms with Gasteiger partial charge in [0.05, 0.1) is 11.2 Å². The summed E-state index contributed by atoms with van der Waals surface area (Å²) in [5.41, 5.74) is 2.93. The molecular formula is C24H29BBrNO4. The van der Waals surface area contributed by atoms with Crippen molar-refractivity contribution in [2.24, 2.45) is 0 Å². The van der Waals surface area contributed by atoms with E-state index in [1.807, 2.05) is 83.2 Å². The van der Waals surface area contributed by atoms with Gasteiger partial charge in [0, 0.05) is 11.0 Å². The number of rotatable bonds is 6. The van der Waals surface area contributed by atoms with Crippen molar-refractivity contribution in [2.75, 3.05) is 6.54 Å². The molecule has 1 aliphatic heterocycles. The Hall–Kier alpha value is -2.09. The summed E-state index contributed by atoms with van der Waals surface area (Å²) < 4.78 is 18.8. The summed E-state index contributed by atoms with van der Waals surface area (Å²) in [7, 11) is -0.566. The number of ether oxygens (including phenoxy) is 1. The minimum atomic E-state index is -0.566. The molecule has 1 aliphatic rings. The molecule has 31 heavy (non-hydrogen) atoms. The Labute approximate surface area is 193 Å². The molecule has 164 valence electrons. The molecule has 1 N–H and O–H groups in total. The maximum absolute atomic E-state index is 12.3. The van der Waals surface area contributed by atoms with E-state index in [2.05, 4.69) is 27.3 Å². The fourth-order valence-corrected chi connectivity index (χ4v) is 3.36. The zero-order chi connectivity index (χ0) is 22.6. The van der Waals surface area contributed by atoms with Gasteiger partial charge in [-0.15, -0.1) is 0 Å². The van der Waals surface area contributed by atoms with E-state index >= 15 is 0 Å². The first-order valence-electron chi connectivity index (χ1n) is 10.3. The quantitative estimate of drug-likeness (QED) is 0.533. The highest BCUT2D eigenvalue weighted by molar-refractivity contribution is 9.10. The van der Waals surface area contributed by atoms with Crippen LogP contribution in [-0.4, -0.2) is 31.0 Å². The van der Waals surface area contributed by atoms with Crippen LogP contribution < -0.4 is 5.32 Å². The standard InChI is InChI=1S/C24H29BBrNO4/c1-17-13-19(11-12-21(17)26)14-20(25-30-23(2,3)24(4,5)31-25)15-27-22(28)29-16-18-9-7-6-8-10-18/h6-14H,15-16H2,1-5H3,(H,27,28). The third-order valence-corrected chi connectivity index (χ3v) is 6.63. The predicted octanol–water partition coefficient (Wildman–Crippen LogP) is 5.70. The van der Waals surface area contributed by atoms with Crippen molar-refractivity contribution >= 4 is 35.2 Å². The lowest BCUT2D eigenvalue weighted by molar-refractivity contribution is 0.00578. The van der Waals surface area contributed by atoms with Crippen LogP contribution in [0.25, 0.3) is 6.08 Å². The minimum absolute atomic E-state index is 0.216. The lowest BCUT2D eigenvalue weighted by Gasteiger charge is -2.32. The highest BCUT2D eigenvalue weighted by Gasteiger charge is 2.52. The minimum Gasteiger partial charge on any atom is -0.445 e. The second-order valence-corrected chi connectivity index (χ2v) is 9.59. The van der Waals surface area contributed by atoms with Crippen molar-refractivity contribution < 1.29 is 18.8 Å². The molecule has 2 aromatic rings. The third kappa shape index (κ3) is 6.00. The molecule has 0 radical (unpaired) electrons. The molecule has 1 heterocycles. The van der Waals surface area contributed by atoms with E-state index in [9.17, 15) is 4.79 Å². The van der Waals surface area contributed by atoms with Crippen molar-refractivity contribution in [2.45, 2.75) is 52.4 Å². The Morgan fingerprint density at radius 3 is 2.35 bits per heavy atom. The summed E-state index contributed by atoms with van der Waals surface area (Å²) in [5.74, 6) is 0. The Morgan fingerprint density at radius 2 is 1.74 bits per heavy atom. The van der Waals surface area contributed by atoms with Gasteiger partial charge in [0.1, 0.15) is 6.61 Å². The maximum Gasteiger partial charge on any atom is 0.492 e. The summed E-state index contributed by atoms with van der Waals surface area (Å²) in [6, 6.07) is 15.7. The van der Waals surface area contributed by atoms with Gasteiger partial charge in [0.25, 0.3) is 0 Å². The molecular weight excluding hydrogens is 457 g/mol. The van der Waals surface area contributed by atoms with Crippen LogP contribution in [0.2, 0.25) is 0 Å². The van der Waals surface area contributed by atoms with Gasteiger partial charge >= 0.3 is 13.2 Å². The first-order chi connectivity index (χ1) is 14.6. The molecule has 1 fully saturated rings. The van der Waals surface area contributed by atoms with Gasteiger partial charge in [-0.1, -0.05) is 64.5 Å². The maximum atomic E-state index is 12.3. The molecule has 0 atom stereocenters. The van der Waals surface area contributed by atoms with Crippen molar-refractivity contribution in [3.05, 3.63) is 75.2 Å². The number of halogens is 1. The Balaban J connectivity index is 1.73. The third-order valence-electron chi connectivity index (χ3n) is 5.74. The average molecular weight is 486 g/mol. The van der Waals surface area contributed by atoms with Crippen LogP contribution in [0, 0.1) is 6.92 Å². The molecule has 2 aromatic carbocycles. The summed E-state index contributed by atoms with van der Waals surface area (Å²) >= 11 is 3.53. The van der Waals surface area contributed by atoms with E-state index in [1.54, 1.807) is 0 Å². The molecule has 0 saturated carbocycles. The van der Waals surface area contributed by atoms with Gasteiger partial charge in [-0.05, 0) is 62.8 Å². The molecule has 5 nitrogen and oxygen atoms in total. The molecule has 0 spiro atoms. The number of carbonyl (C=O) groups excluding carboxylic acids is 1. The zero-order valence-electron chi connectivity index (χ0n) is 18.7. The number of benzene rings is 2. The summed E-state index contributed by atoms with van der Waals surface area (Å²) in [6.45, 7) is 10.5. The van der Waals surface area contributed by atoms with Crippen LogP contribution in [0.4, 0.5) is 4.79 Å². The molecule has 1 amide bonds. The topological polar surface area (TPSA) is 56.8 Å². The number of nitrogens with one attached hydrogen (secondary N) is 1. The molecule has 0 unspecified atom stereocenters.